The Kier molecular flexibility index (Phi) is 7.92. The molecule has 0 aromatic heterocycles. The van der Waals surface area contributed by atoms with Gasteiger partial charge in [0.15, 0.2) is 0 Å². The van der Waals surface area contributed by atoms with Crippen LogP contribution in [0.1, 0.15) is 22.3 Å². The predicted molar refractivity (Wildman–Crippen MR) is 139 cm³/mol. The number of fused-ring (bicyclic) bond motifs is 1. The smallest absolute Gasteiger partial charge is 0.142 e. The number of benzene rings is 3. The monoisotopic (exact) mass is 656 g/mol. The van der Waals surface area contributed by atoms with E-state index >= 15 is 0 Å². The van der Waals surface area contributed by atoms with E-state index in [1.807, 2.05) is 24.3 Å². The van der Waals surface area contributed by atoms with Crippen LogP contribution >= 0.6 is 54.7 Å². The van der Waals surface area contributed by atoms with Crippen LogP contribution in [-0.4, -0.2) is 21.9 Å². The van der Waals surface area contributed by atoms with Crippen LogP contribution < -0.4 is 9.47 Å². The summed E-state index contributed by atoms with van der Waals surface area (Å²) in [5.74, 6) is 1.90. The molecule has 162 valence electrons. The summed E-state index contributed by atoms with van der Waals surface area (Å²) >= 11 is 9.48. The van der Waals surface area contributed by atoms with Crippen LogP contribution in [0.3, 0.4) is 0 Å². The molecule has 3 aromatic carbocycles. The minimum Gasteiger partial charge on any atom is -0.496 e. The van der Waals surface area contributed by atoms with Crippen LogP contribution in [0.4, 0.5) is 0 Å². The van der Waals surface area contributed by atoms with Crippen LogP contribution in [0.2, 0.25) is 0 Å². The first kappa shape index (κ1) is 23.0. The Morgan fingerprint density at radius 3 is 2.45 bits per heavy atom. The van der Waals surface area contributed by atoms with Gasteiger partial charge in [0.25, 0.3) is 0 Å². The SMILES string of the molecule is COc1ccc(Br)cc1CN(I)Cc1ccc(CN2COc3ccc(Br)cc3C2)cc1. The topological polar surface area (TPSA) is 24.9 Å². The number of nitrogens with zero attached hydrogens (tertiary/aromatic N) is 2. The predicted octanol–water partition coefficient (Wildman–Crippen LogP) is 6.92. The fourth-order valence-electron chi connectivity index (χ4n) is 3.68. The standard InChI is InChI=1S/C24H23Br2IN2O2/c1-30-23-8-6-21(25)11-20(23)15-29(27)13-18-4-2-17(3-5-18)12-28-14-19-10-22(26)7-9-24(19)31-16-28/h2-11H,12-16H2,1H3. The molecule has 1 heterocycles. The number of hydrogen-bond donors (Lipinski definition) is 0. The quantitative estimate of drug-likeness (QED) is 0.203. The molecular weight excluding hydrogens is 635 g/mol. The fourth-order valence-corrected chi connectivity index (χ4v) is 5.26. The Hall–Kier alpha value is -1.13. The van der Waals surface area contributed by atoms with Gasteiger partial charge >= 0.3 is 0 Å². The first-order chi connectivity index (χ1) is 15.0. The third kappa shape index (κ3) is 6.22. The summed E-state index contributed by atoms with van der Waals surface area (Å²) in [5, 5.41) is 0. The molecule has 0 N–H and O–H groups in total. The molecular formula is C24H23Br2IN2O2. The number of halogens is 3. The van der Waals surface area contributed by atoms with Gasteiger partial charge in [0.1, 0.15) is 18.2 Å². The lowest BCUT2D eigenvalue weighted by Gasteiger charge is -2.29. The molecule has 1 aliphatic rings. The molecule has 1 aliphatic heterocycles. The second kappa shape index (κ2) is 10.7. The van der Waals surface area contributed by atoms with Crippen molar-refractivity contribution in [2.75, 3.05) is 13.8 Å². The lowest BCUT2D eigenvalue weighted by molar-refractivity contribution is 0.0887. The van der Waals surface area contributed by atoms with Gasteiger partial charge in [0, 0.05) is 69.1 Å². The maximum atomic E-state index is 5.91. The molecule has 31 heavy (non-hydrogen) atoms. The summed E-state index contributed by atoms with van der Waals surface area (Å²) in [5.41, 5.74) is 4.97. The lowest BCUT2D eigenvalue weighted by Crippen LogP contribution is -2.31. The maximum Gasteiger partial charge on any atom is 0.142 e. The second-order valence-corrected chi connectivity index (χ2v) is 10.8. The van der Waals surface area contributed by atoms with Crippen molar-refractivity contribution in [1.82, 2.24) is 8.01 Å². The zero-order chi connectivity index (χ0) is 21.8. The van der Waals surface area contributed by atoms with Gasteiger partial charge in [0.2, 0.25) is 0 Å². The van der Waals surface area contributed by atoms with Gasteiger partial charge in [-0.05, 0) is 47.5 Å². The molecule has 0 atom stereocenters. The minimum absolute atomic E-state index is 0.617. The van der Waals surface area contributed by atoms with Crippen LogP contribution in [0.15, 0.2) is 69.6 Å². The van der Waals surface area contributed by atoms with Crippen LogP contribution in [0.25, 0.3) is 0 Å². The van der Waals surface area contributed by atoms with Crippen LogP contribution in [0.5, 0.6) is 11.5 Å². The molecule has 0 saturated carbocycles. The normalized spacial score (nSPS) is 13.7. The Labute approximate surface area is 214 Å². The molecule has 4 nitrogen and oxygen atoms in total. The average molecular weight is 658 g/mol. The third-order valence-corrected chi connectivity index (χ3v) is 6.86. The molecule has 0 fully saturated rings. The van der Waals surface area contributed by atoms with Crippen molar-refractivity contribution in [2.24, 2.45) is 0 Å². The number of methoxy groups -OCH3 is 1. The van der Waals surface area contributed by atoms with E-state index < -0.39 is 0 Å². The summed E-state index contributed by atoms with van der Waals surface area (Å²) < 4.78 is 15.8. The van der Waals surface area contributed by atoms with Crippen molar-refractivity contribution in [1.29, 1.82) is 0 Å². The molecule has 0 unspecified atom stereocenters. The van der Waals surface area contributed by atoms with Gasteiger partial charge in [-0.2, -0.15) is 0 Å². The second-order valence-electron chi connectivity index (χ2n) is 7.56. The van der Waals surface area contributed by atoms with Crippen LogP contribution in [-0.2, 0) is 26.2 Å². The zero-order valence-corrected chi connectivity index (χ0v) is 22.5. The third-order valence-electron chi connectivity index (χ3n) is 5.19. The Bertz CT molecular complexity index is 1050. The van der Waals surface area contributed by atoms with E-state index in [-0.39, 0.29) is 0 Å². The van der Waals surface area contributed by atoms with Crippen LogP contribution in [0, 0.1) is 0 Å². The summed E-state index contributed by atoms with van der Waals surface area (Å²) in [7, 11) is 1.72. The van der Waals surface area contributed by atoms with E-state index in [2.05, 4.69) is 99.1 Å². The summed E-state index contributed by atoms with van der Waals surface area (Å²) in [6, 6.07) is 21.2. The largest absolute Gasteiger partial charge is 0.496 e. The Balaban J connectivity index is 1.34. The van der Waals surface area contributed by atoms with Crippen molar-refractivity contribution < 1.29 is 9.47 Å². The molecule has 4 rings (SSSR count). The van der Waals surface area contributed by atoms with Crippen molar-refractivity contribution >= 4 is 54.7 Å². The Morgan fingerprint density at radius 2 is 1.68 bits per heavy atom. The lowest BCUT2D eigenvalue weighted by atomic mass is 10.1. The average Bonchev–Trinajstić information content (AvgIpc) is 2.75. The molecule has 0 spiro atoms. The molecule has 0 bridgehead atoms. The number of ether oxygens (including phenoxy) is 2. The van der Waals surface area contributed by atoms with Crippen molar-refractivity contribution in [2.45, 2.75) is 26.2 Å². The van der Waals surface area contributed by atoms with Crippen molar-refractivity contribution in [3.63, 3.8) is 0 Å². The van der Waals surface area contributed by atoms with Gasteiger partial charge in [-0.1, -0.05) is 56.1 Å². The highest BCUT2D eigenvalue weighted by Gasteiger charge is 2.17. The van der Waals surface area contributed by atoms with E-state index in [1.165, 1.54) is 22.3 Å². The van der Waals surface area contributed by atoms with Crippen molar-refractivity contribution in [3.8, 4) is 11.5 Å². The number of rotatable bonds is 7. The van der Waals surface area contributed by atoms with Gasteiger partial charge < -0.3 is 9.47 Å². The van der Waals surface area contributed by atoms with E-state index in [0.29, 0.717) is 6.73 Å². The van der Waals surface area contributed by atoms with E-state index in [1.54, 1.807) is 7.11 Å². The van der Waals surface area contributed by atoms with Gasteiger partial charge in [-0.3, -0.25) is 4.90 Å². The highest BCUT2D eigenvalue weighted by Crippen LogP contribution is 2.29. The zero-order valence-electron chi connectivity index (χ0n) is 17.2. The van der Waals surface area contributed by atoms with Gasteiger partial charge in [0.05, 0.1) is 7.11 Å². The molecule has 0 aliphatic carbocycles. The van der Waals surface area contributed by atoms with Gasteiger partial charge in [-0.15, -0.1) is 0 Å². The van der Waals surface area contributed by atoms with E-state index in [4.69, 9.17) is 9.47 Å². The molecule has 3 aromatic rings. The van der Waals surface area contributed by atoms with Crippen molar-refractivity contribution in [3.05, 3.63) is 91.9 Å². The molecule has 0 saturated heterocycles. The fraction of sp³-hybridized carbons (Fsp3) is 0.250. The first-order valence-corrected chi connectivity index (χ1v) is 12.5. The highest BCUT2D eigenvalue weighted by molar-refractivity contribution is 14.1. The maximum absolute atomic E-state index is 5.91. The van der Waals surface area contributed by atoms with Gasteiger partial charge in [-0.25, -0.2) is 3.11 Å². The molecule has 0 radical (unpaired) electrons. The molecule has 0 amide bonds. The first-order valence-electron chi connectivity index (χ1n) is 9.94. The minimum atomic E-state index is 0.617. The Morgan fingerprint density at radius 1 is 0.968 bits per heavy atom. The van der Waals surface area contributed by atoms with E-state index in [9.17, 15) is 0 Å². The summed E-state index contributed by atoms with van der Waals surface area (Å²) in [6.07, 6.45) is 0. The number of hydrogen-bond acceptors (Lipinski definition) is 4. The summed E-state index contributed by atoms with van der Waals surface area (Å²) in [6.45, 7) is 4.06. The summed E-state index contributed by atoms with van der Waals surface area (Å²) in [4.78, 5) is 2.31. The highest BCUT2D eigenvalue weighted by atomic mass is 127. The molecule has 7 heteroatoms. The van der Waals surface area contributed by atoms with E-state index in [0.717, 1.165) is 46.6 Å².